The van der Waals surface area contributed by atoms with Gasteiger partial charge in [0.1, 0.15) is 5.75 Å². The summed E-state index contributed by atoms with van der Waals surface area (Å²) in [4.78, 5) is 23.5. The van der Waals surface area contributed by atoms with Crippen LogP contribution < -0.4 is 15.4 Å². The van der Waals surface area contributed by atoms with Gasteiger partial charge in [0.25, 0.3) is 5.91 Å². The molecule has 0 heterocycles. The maximum atomic E-state index is 12.6. The minimum atomic E-state index is -2.94. The van der Waals surface area contributed by atoms with Gasteiger partial charge in [0.2, 0.25) is 5.91 Å². The molecule has 0 bridgehead atoms. The first-order valence-electron chi connectivity index (χ1n) is 8.13. The third kappa shape index (κ3) is 5.27. The zero-order valence-electron chi connectivity index (χ0n) is 14.5. The van der Waals surface area contributed by atoms with Gasteiger partial charge in [-0.05, 0) is 36.8 Å². The highest BCUT2D eigenvalue weighted by atomic mass is 19.3. The van der Waals surface area contributed by atoms with Gasteiger partial charge in [-0.2, -0.15) is 8.78 Å². The molecule has 0 aliphatic heterocycles. The third-order valence-corrected chi connectivity index (χ3v) is 3.69. The summed E-state index contributed by atoms with van der Waals surface area (Å²) >= 11 is 0. The number of carbonyl (C=O) groups excluding carboxylic acids is 2. The van der Waals surface area contributed by atoms with Crippen LogP contribution in [0.1, 0.15) is 42.2 Å². The first-order chi connectivity index (χ1) is 12.4. The zero-order chi connectivity index (χ0) is 19.1. The van der Waals surface area contributed by atoms with E-state index in [1.807, 2.05) is 6.92 Å². The molecular formula is C19H20F2N2O3. The molecule has 2 N–H and O–H groups in total. The van der Waals surface area contributed by atoms with Crippen LogP contribution in [0.5, 0.6) is 5.75 Å². The standard InChI is InChI=1S/C19H20F2N2O3/c1-3-16(15-6-4-5-7-17(15)26-19(20)21)23-18(25)13-8-10-14(11-9-13)22-12(2)24/h4-11,16,19H,3H2,1-2H3,(H,22,24)(H,23,25)/t16-/m0/s1. The number of amides is 2. The molecule has 138 valence electrons. The molecule has 7 heteroatoms. The molecule has 2 rings (SSSR count). The van der Waals surface area contributed by atoms with E-state index in [1.165, 1.54) is 13.0 Å². The largest absolute Gasteiger partial charge is 0.434 e. The van der Waals surface area contributed by atoms with Crippen molar-refractivity contribution in [1.29, 1.82) is 0 Å². The van der Waals surface area contributed by atoms with Crippen molar-refractivity contribution in [2.45, 2.75) is 32.9 Å². The number of para-hydroxylation sites is 1. The lowest BCUT2D eigenvalue weighted by Gasteiger charge is -2.20. The summed E-state index contributed by atoms with van der Waals surface area (Å²) in [5.41, 5.74) is 1.46. The Bertz CT molecular complexity index is 764. The second-order valence-corrected chi connectivity index (χ2v) is 5.61. The van der Waals surface area contributed by atoms with Crippen LogP contribution in [0.25, 0.3) is 0 Å². The second kappa shape index (κ2) is 8.94. The van der Waals surface area contributed by atoms with Crippen LogP contribution in [0.15, 0.2) is 48.5 Å². The number of ether oxygens (including phenoxy) is 1. The fourth-order valence-corrected chi connectivity index (χ4v) is 2.52. The number of halogens is 2. The molecule has 0 aliphatic carbocycles. The Morgan fingerprint density at radius 2 is 1.73 bits per heavy atom. The number of hydrogen-bond acceptors (Lipinski definition) is 3. The Balaban J connectivity index is 2.15. The average Bonchev–Trinajstić information content (AvgIpc) is 2.60. The van der Waals surface area contributed by atoms with E-state index in [2.05, 4.69) is 15.4 Å². The lowest BCUT2D eigenvalue weighted by molar-refractivity contribution is -0.114. The van der Waals surface area contributed by atoms with Crippen molar-refractivity contribution in [3.63, 3.8) is 0 Å². The highest BCUT2D eigenvalue weighted by Crippen LogP contribution is 2.28. The van der Waals surface area contributed by atoms with Crippen LogP contribution in [-0.2, 0) is 4.79 Å². The van der Waals surface area contributed by atoms with Crippen molar-refractivity contribution in [2.24, 2.45) is 0 Å². The molecule has 5 nitrogen and oxygen atoms in total. The highest BCUT2D eigenvalue weighted by Gasteiger charge is 2.19. The predicted octanol–water partition coefficient (Wildman–Crippen LogP) is 4.13. The van der Waals surface area contributed by atoms with Crippen LogP contribution in [0.3, 0.4) is 0 Å². The van der Waals surface area contributed by atoms with E-state index in [0.29, 0.717) is 23.2 Å². The summed E-state index contributed by atoms with van der Waals surface area (Å²) in [5.74, 6) is -0.516. The number of alkyl halides is 2. The summed E-state index contributed by atoms with van der Waals surface area (Å²) < 4.78 is 29.7. The summed E-state index contributed by atoms with van der Waals surface area (Å²) in [6, 6.07) is 12.3. The first-order valence-corrected chi connectivity index (χ1v) is 8.13. The molecule has 0 aliphatic rings. The van der Waals surface area contributed by atoms with Crippen LogP contribution in [0, 0.1) is 0 Å². The maximum absolute atomic E-state index is 12.6. The third-order valence-electron chi connectivity index (χ3n) is 3.69. The van der Waals surface area contributed by atoms with Crippen molar-refractivity contribution < 1.29 is 23.1 Å². The van der Waals surface area contributed by atoms with E-state index in [1.54, 1.807) is 42.5 Å². The fraction of sp³-hybridized carbons (Fsp3) is 0.263. The van der Waals surface area contributed by atoms with E-state index in [9.17, 15) is 18.4 Å². The van der Waals surface area contributed by atoms with Crippen molar-refractivity contribution in [3.05, 3.63) is 59.7 Å². The van der Waals surface area contributed by atoms with E-state index < -0.39 is 12.7 Å². The molecule has 0 spiro atoms. The Labute approximate surface area is 150 Å². The van der Waals surface area contributed by atoms with E-state index in [4.69, 9.17) is 0 Å². The van der Waals surface area contributed by atoms with E-state index >= 15 is 0 Å². The van der Waals surface area contributed by atoms with Gasteiger partial charge in [0, 0.05) is 23.7 Å². The zero-order valence-corrected chi connectivity index (χ0v) is 14.5. The number of nitrogens with one attached hydrogen (secondary N) is 2. The Hall–Kier alpha value is -2.96. The minimum absolute atomic E-state index is 0.0376. The van der Waals surface area contributed by atoms with E-state index in [0.717, 1.165) is 0 Å². The summed E-state index contributed by atoms with van der Waals surface area (Å²) in [5, 5.41) is 5.44. The van der Waals surface area contributed by atoms with Gasteiger partial charge in [0.05, 0.1) is 6.04 Å². The average molecular weight is 362 g/mol. The second-order valence-electron chi connectivity index (χ2n) is 5.61. The number of hydrogen-bond donors (Lipinski definition) is 2. The van der Waals surface area contributed by atoms with Crippen LogP contribution in [0.4, 0.5) is 14.5 Å². The molecule has 1 atom stereocenters. The monoisotopic (exact) mass is 362 g/mol. The van der Waals surface area contributed by atoms with Crippen LogP contribution >= 0.6 is 0 Å². The van der Waals surface area contributed by atoms with Gasteiger partial charge < -0.3 is 15.4 Å². The molecule has 0 aromatic heterocycles. The van der Waals surface area contributed by atoms with Crippen molar-refractivity contribution in [2.75, 3.05) is 5.32 Å². The number of benzene rings is 2. The van der Waals surface area contributed by atoms with Gasteiger partial charge in [-0.1, -0.05) is 25.1 Å². The maximum Gasteiger partial charge on any atom is 0.387 e. The van der Waals surface area contributed by atoms with Gasteiger partial charge in [0.15, 0.2) is 0 Å². The van der Waals surface area contributed by atoms with Crippen LogP contribution in [-0.4, -0.2) is 18.4 Å². The molecule has 0 radical (unpaired) electrons. The first kappa shape index (κ1) is 19.4. The summed E-state index contributed by atoms with van der Waals surface area (Å²) in [7, 11) is 0. The molecular weight excluding hydrogens is 342 g/mol. The topological polar surface area (TPSA) is 67.4 Å². The number of anilines is 1. The molecule has 0 saturated carbocycles. The van der Waals surface area contributed by atoms with Gasteiger partial charge in [-0.15, -0.1) is 0 Å². The normalized spacial score (nSPS) is 11.7. The SMILES string of the molecule is CC[C@H](NC(=O)c1ccc(NC(C)=O)cc1)c1ccccc1OC(F)F. The molecule has 2 amide bonds. The number of carbonyl (C=O) groups is 2. The minimum Gasteiger partial charge on any atom is -0.434 e. The van der Waals surface area contributed by atoms with Crippen molar-refractivity contribution in [1.82, 2.24) is 5.32 Å². The summed E-state index contributed by atoms with van der Waals surface area (Å²) in [6.45, 7) is 0.292. The molecule has 2 aromatic carbocycles. The summed E-state index contributed by atoms with van der Waals surface area (Å²) in [6.07, 6.45) is 0.499. The Morgan fingerprint density at radius 1 is 1.08 bits per heavy atom. The molecule has 26 heavy (non-hydrogen) atoms. The highest BCUT2D eigenvalue weighted by molar-refractivity contribution is 5.95. The van der Waals surface area contributed by atoms with Gasteiger partial charge in [-0.25, -0.2) is 0 Å². The molecule has 0 fully saturated rings. The number of rotatable bonds is 7. The lowest BCUT2D eigenvalue weighted by Crippen LogP contribution is -2.28. The quantitative estimate of drug-likeness (QED) is 0.778. The van der Waals surface area contributed by atoms with Gasteiger partial charge >= 0.3 is 6.61 Å². The van der Waals surface area contributed by atoms with Gasteiger partial charge in [-0.3, -0.25) is 9.59 Å². The van der Waals surface area contributed by atoms with Crippen LogP contribution in [0.2, 0.25) is 0 Å². The van der Waals surface area contributed by atoms with Crippen molar-refractivity contribution >= 4 is 17.5 Å². The van der Waals surface area contributed by atoms with E-state index in [-0.39, 0.29) is 17.6 Å². The Morgan fingerprint density at radius 3 is 2.31 bits per heavy atom. The molecule has 0 unspecified atom stereocenters. The van der Waals surface area contributed by atoms with Crippen molar-refractivity contribution in [3.8, 4) is 5.75 Å². The smallest absolute Gasteiger partial charge is 0.387 e. The Kier molecular flexibility index (Phi) is 6.66. The fourth-order valence-electron chi connectivity index (χ4n) is 2.52. The lowest BCUT2D eigenvalue weighted by atomic mass is 10.0. The molecule has 2 aromatic rings. The molecule has 0 saturated heterocycles. The predicted molar refractivity (Wildman–Crippen MR) is 94.3 cm³/mol.